The third-order valence-corrected chi connectivity index (χ3v) is 5.99. The van der Waals surface area contributed by atoms with E-state index in [1.54, 1.807) is 23.7 Å². The van der Waals surface area contributed by atoms with Gasteiger partial charge in [0.2, 0.25) is 0 Å². The van der Waals surface area contributed by atoms with Crippen molar-refractivity contribution in [3.8, 4) is 11.4 Å². The largest absolute Gasteiger partial charge is 0.340 e. The van der Waals surface area contributed by atoms with Gasteiger partial charge in [0.05, 0.1) is 5.39 Å². The fraction of sp³-hybridized carbons (Fsp3) is 0.150. The van der Waals surface area contributed by atoms with Crippen molar-refractivity contribution in [2.45, 2.75) is 19.3 Å². The summed E-state index contributed by atoms with van der Waals surface area (Å²) >= 11 is 7.94. The van der Waals surface area contributed by atoms with Gasteiger partial charge < -0.3 is 5.32 Å². The molecular formula is C20H15ClN4S. The Hall–Kier alpha value is -2.50. The van der Waals surface area contributed by atoms with Crippen LogP contribution in [0.4, 0.5) is 11.5 Å². The van der Waals surface area contributed by atoms with Crippen LogP contribution >= 0.6 is 22.9 Å². The topological polar surface area (TPSA) is 50.7 Å². The van der Waals surface area contributed by atoms with E-state index in [-0.39, 0.29) is 0 Å². The molecule has 0 radical (unpaired) electrons. The monoisotopic (exact) mass is 378 g/mol. The molecule has 1 aliphatic carbocycles. The first-order valence-electron chi connectivity index (χ1n) is 8.53. The Kier molecular flexibility index (Phi) is 3.84. The minimum atomic E-state index is 0.690. The van der Waals surface area contributed by atoms with Crippen LogP contribution in [0.25, 0.3) is 21.6 Å². The highest BCUT2D eigenvalue weighted by Crippen LogP contribution is 2.41. The Morgan fingerprint density at radius 1 is 1.08 bits per heavy atom. The van der Waals surface area contributed by atoms with Gasteiger partial charge in [0.15, 0.2) is 5.82 Å². The lowest BCUT2D eigenvalue weighted by molar-refractivity contribution is 0.917. The van der Waals surface area contributed by atoms with Gasteiger partial charge in [-0.3, -0.25) is 4.98 Å². The average Bonchev–Trinajstić information content (AvgIpc) is 3.23. The minimum Gasteiger partial charge on any atom is -0.340 e. The number of halogens is 1. The maximum absolute atomic E-state index is 6.15. The summed E-state index contributed by atoms with van der Waals surface area (Å²) in [6, 6.07) is 11.6. The molecule has 3 heterocycles. The second kappa shape index (κ2) is 6.34. The molecule has 4 nitrogen and oxygen atoms in total. The summed E-state index contributed by atoms with van der Waals surface area (Å²) in [5.41, 5.74) is 3.23. The molecule has 1 N–H and O–H groups in total. The number of nitrogens with one attached hydrogen (secondary N) is 1. The Morgan fingerprint density at radius 3 is 2.88 bits per heavy atom. The van der Waals surface area contributed by atoms with E-state index in [2.05, 4.69) is 10.3 Å². The summed E-state index contributed by atoms with van der Waals surface area (Å²) in [4.78, 5) is 16.4. The van der Waals surface area contributed by atoms with Crippen molar-refractivity contribution in [2.75, 3.05) is 5.32 Å². The summed E-state index contributed by atoms with van der Waals surface area (Å²) in [6.07, 6.45) is 6.99. The Morgan fingerprint density at radius 2 is 2.04 bits per heavy atom. The van der Waals surface area contributed by atoms with E-state index in [4.69, 9.17) is 21.6 Å². The van der Waals surface area contributed by atoms with E-state index in [0.29, 0.717) is 10.8 Å². The van der Waals surface area contributed by atoms with Gasteiger partial charge in [0.1, 0.15) is 10.6 Å². The fourth-order valence-corrected chi connectivity index (χ4v) is 4.86. The van der Waals surface area contributed by atoms with E-state index in [9.17, 15) is 0 Å². The number of anilines is 2. The predicted molar refractivity (Wildman–Crippen MR) is 107 cm³/mol. The highest BCUT2D eigenvalue weighted by atomic mass is 35.5. The number of aryl methyl sites for hydroxylation is 2. The molecule has 0 fully saturated rings. The molecule has 1 aromatic carbocycles. The van der Waals surface area contributed by atoms with Crippen molar-refractivity contribution in [3.63, 3.8) is 0 Å². The van der Waals surface area contributed by atoms with Gasteiger partial charge in [-0.05, 0) is 55.2 Å². The lowest BCUT2D eigenvalue weighted by atomic mass is 10.1. The summed E-state index contributed by atoms with van der Waals surface area (Å²) in [6.45, 7) is 0. The number of nitrogens with zero attached hydrogens (tertiary/aromatic N) is 3. The van der Waals surface area contributed by atoms with Crippen molar-refractivity contribution in [2.24, 2.45) is 0 Å². The zero-order valence-electron chi connectivity index (χ0n) is 13.9. The molecule has 26 heavy (non-hydrogen) atoms. The van der Waals surface area contributed by atoms with Gasteiger partial charge in [-0.25, -0.2) is 9.97 Å². The van der Waals surface area contributed by atoms with Gasteiger partial charge in [-0.1, -0.05) is 17.7 Å². The van der Waals surface area contributed by atoms with Crippen LogP contribution in [0.2, 0.25) is 5.02 Å². The molecule has 0 saturated carbocycles. The zero-order valence-corrected chi connectivity index (χ0v) is 15.4. The second-order valence-corrected chi connectivity index (χ2v) is 7.83. The zero-order chi connectivity index (χ0) is 17.5. The average molecular weight is 379 g/mol. The third kappa shape index (κ3) is 2.73. The molecule has 0 saturated heterocycles. The summed E-state index contributed by atoms with van der Waals surface area (Å²) < 4.78 is 0. The molecule has 1 aliphatic rings. The van der Waals surface area contributed by atoms with Crippen LogP contribution in [0.15, 0.2) is 48.8 Å². The van der Waals surface area contributed by atoms with Crippen LogP contribution in [0.3, 0.4) is 0 Å². The Bertz CT molecular complexity index is 1110. The molecule has 0 amide bonds. The van der Waals surface area contributed by atoms with E-state index in [1.807, 2.05) is 36.4 Å². The molecule has 6 heteroatoms. The van der Waals surface area contributed by atoms with Crippen LogP contribution in [0.1, 0.15) is 16.9 Å². The second-order valence-electron chi connectivity index (χ2n) is 6.31. The van der Waals surface area contributed by atoms with Crippen molar-refractivity contribution in [1.29, 1.82) is 0 Å². The number of benzene rings is 1. The van der Waals surface area contributed by atoms with Gasteiger partial charge in [0, 0.05) is 33.5 Å². The lowest BCUT2D eigenvalue weighted by Gasteiger charge is -2.10. The van der Waals surface area contributed by atoms with Crippen LogP contribution in [0.5, 0.6) is 0 Å². The number of aromatic nitrogens is 3. The number of fused-ring (bicyclic) bond motifs is 3. The fourth-order valence-electron chi connectivity index (χ4n) is 3.41. The highest BCUT2D eigenvalue weighted by Gasteiger charge is 2.22. The number of thiophene rings is 1. The lowest BCUT2D eigenvalue weighted by Crippen LogP contribution is -1.99. The first-order valence-corrected chi connectivity index (χ1v) is 9.73. The van der Waals surface area contributed by atoms with Crippen LogP contribution in [0, 0.1) is 0 Å². The smallest absolute Gasteiger partial charge is 0.164 e. The molecular weight excluding hydrogens is 364 g/mol. The number of rotatable bonds is 3. The molecule has 0 unspecified atom stereocenters. The number of pyridine rings is 1. The van der Waals surface area contributed by atoms with Crippen molar-refractivity contribution in [3.05, 3.63) is 64.3 Å². The Balaban J connectivity index is 1.70. The van der Waals surface area contributed by atoms with Crippen LogP contribution < -0.4 is 5.32 Å². The highest BCUT2D eigenvalue weighted by molar-refractivity contribution is 7.19. The molecule has 3 aromatic heterocycles. The van der Waals surface area contributed by atoms with Gasteiger partial charge in [-0.2, -0.15) is 0 Å². The quantitative estimate of drug-likeness (QED) is 0.501. The van der Waals surface area contributed by atoms with Gasteiger partial charge >= 0.3 is 0 Å². The summed E-state index contributed by atoms with van der Waals surface area (Å²) in [7, 11) is 0. The molecule has 0 atom stereocenters. The Labute approximate surface area is 159 Å². The van der Waals surface area contributed by atoms with E-state index >= 15 is 0 Å². The molecule has 0 aliphatic heterocycles. The molecule has 0 spiro atoms. The molecule has 5 rings (SSSR count). The summed E-state index contributed by atoms with van der Waals surface area (Å²) in [5.74, 6) is 1.53. The number of hydrogen-bond acceptors (Lipinski definition) is 5. The first-order chi connectivity index (χ1) is 12.8. The molecule has 128 valence electrons. The molecule has 0 bridgehead atoms. The minimum absolute atomic E-state index is 0.690. The maximum atomic E-state index is 6.15. The third-order valence-electron chi connectivity index (χ3n) is 4.57. The number of hydrogen-bond donors (Lipinski definition) is 1. The predicted octanol–water partition coefficient (Wildman–Crippen LogP) is 5.64. The van der Waals surface area contributed by atoms with Crippen molar-refractivity contribution >= 4 is 44.7 Å². The van der Waals surface area contributed by atoms with Gasteiger partial charge in [0.25, 0.3) is 0 Å². The normalized spacial score (nSPS) is 13.1. The first kappa shape index (κ1) is 15.7. The summed E-state index contributed by atoms with van der Waals surface area (Å²) in [5, 5.41) is 5.31. The standard InChI is InChI=1S/C20H15ClN4S/c21-13-5-1-6-14(10-13)23-19-17-15-7-2-8-16(15)26-20(17)25-18(24-19)12-4-3-9-22-11-12/h1,3-6,9-11H,2,7-8H2,(H,23,24,25). The van der Waals surface area contributed by atoms with E-state index in [0.717, 1.165) is 40.1 Å². The van der Waals surface area contributed by atoms with E-state index < -0.39 is 0 Å². The SMILES string of the molecule is Clc1cccc(Nc2nc(-c3cccnc3)nc3sc4c(c23)CCC4)c1. The maximum Gasteiger partial charge on any atom is 0.164 e. The van der Waals surface area contributed by atoms with Gasteiger partial charge in [-0.15, -0.1) is 11.3 Å². The van der Waals surface area contributed by atoms with E-state index in [1.165, 1.54) is 16.9 Å². The molecule has 4 aromatic rings. The van der Waals surface area contributed by atoms with Crippen LogP contribution in [-0.2, 0) is 12.8 Å². The van der Waals surface area contributed by atoms with Crippen molar-refractivity contribution in [1.82, 2.24) is 15.0 Å². The van der Waals surface area contributed by atoms with Crippen molar-refractivity contribution < 1.29 is 0 Å². The van der Waals surface area contributed by atoms with Crippen LogP contribution in [-0.4, -0.2) is 15.0 Å².